The summed E-state index contributed by atoms with van der Waals surface area (Å²) in [6.07, 6.45) is 1.32. The second-order valence-electron chi connectivity index (χ2n) is 6.72. The van der Waals surface area contributed by atoms with E-state index in [0.29, 0.717) is 47.4 Å². The molecule has 2 N–H and O–H groups in total. The lowest BCUT2D eigenvalue weighted by molar-refractivity contribution is -0.121. The predicted molar refractivity (Wildman–Crippen MR) is 109 cm³/mol. The molecule has 1 heterocycles. The van der Waals surface area contributed by atoms with E-state index >= 15 is 0 Å². The first-order chi connectivity index (χ1) is 13.4. The number of hydrogen-bond acceptors (Lipinski definition) is 3. The number of amides is 2. The van der Waals surface area contributed by atoms with Crippen LogP contribution in [-0.2, 0) is 9.59 Å². The van der Waals surface area contributed by atoms with Gasteiger partial charge in [0.15, 0.2) is 0 Å². The lowest BCUT2D eigenvalue weighted by atomic mass is 9.96. The number of halogens is 3. The highest BCUT2D eigenvalue weighted by atomic mass is 35.5. The Kier molecular flexibility index (Phi) is 6.88. The van der Waals surface area contributed by atoms with Crippen molar-refractivity contribution in [1.29, 1.82) is 0 Å². The Balaban J connectivity index is 1.44. The van der Waals surface area contributed by atoms with Gasteiger partial charge >= 0.3 is 0 Å². The summed E-state index contributed by atoms with van der Waals surface area (Å²) >= 11 is 11.8. The largest absolute Gasteiger partial charge is 0.326 e. The number of carbonyl (C=O) groups excluding carboxylic acids is 2. The van der Waals surface area contributed by atoms with Crippen LogP contribution in [0.25, 0.3) is 0 Å². The Morgan fingerprint density at radius 3 is 2.25 bits per heavy atom. The number of hydrogen-bond donors (Lipinski definition) is 2. The molecule has 1 fully saturated rings. The molecule has 5 nitrogen and oxygen atoms in total. The normalized spacial score (nSPS) is 15.2. The van der Waals surface area contributed by atoms with Crippen LogP contribution in [0.1, 0.15) is 12.8 Å². The maximum absolute atomic E-state index is 12.9. The first-order valence-electron chi connectivity index (χ1n) is 8.94. The van der Waals surface area contributed by atoms with Gasteiger partial charge in [0.2, 0.25) is 11.8 Å². The fourth-order valence-electron chi connectivity index (χ4n) is 3.11. The van der Waals surface area contributed by atoms with E-state index in [2.05, 4.69) is 10.6 Å². The molecule has 0 radical (unpaired) electrons. The number of piperidine rings is 1. The summed E-state index contributed by atoms with van der Waals surface area (Å²) in [7, 11) is 0. The third-order valence-electron chi connectivity index (χ3n) is 4.64. The van der Waals surface area contributed by atoms with E-state index < -0.39 is 0 Å². The molecule has 28 heavy (non-hydrogen) atoms. The second kappa shape index (κ2) is 9.37. The molecule has 148 valence electrons. The minimum Gasteiger partial charge on any atom is -0.326 e. The Bertz CT molecular complexity index is 853. The summed E-state index contributed by atoms with van der Waals surface area (Å²) in [4.78, 5) is 26.6. The van der Waals surface area contributed by atoms with Crippen LogP contribution in [0.15, 0.2) is 42.5 Å². The number of nitrogens with zero attached hydrogens (tertiary/aromatic N) is 1. The highest BCUT2D eigenvalue weighted by Crippen LogP contribution is 2.25. The van der Waals surface area contributed by atoms with Crippen molar-refractivity contribution in [2.24, 2.45) is 5.92 Å². The van der Waals surface area contributed by atoms with Gasteiger partial charge in [-0.25, -0.2) is 4.39 Å². The Labute approximate surface area is 172 Å². The van der Waals surface area contributed by atoms with Crippen molar-refractivity contribution in [1.82, 2.24) is 4.90 Å². The first kappa shape index (κ1) is 20.6. The van der Waals surface area contributed by atoms with Crippen molar-refractivity contribution in [2.75, 3.05) is 30.3 Å². The van der Waals surface area contributed by atoms with Crippen molar-refractivity contribution in [3.63, 3.8) is 0 Å². The van der Waals surface area contributed by atoms with E-state index in [1.165, 1.54) is 24.3 Å². The predicted octanol–water partition coefficient (Wildman–Crippen LogP) is 4.42. The molecule has 0 unspecified atom stereocenters. The van der Waals surface area contributed by atoms with E-state index in [9.17, 15) is 14.0 Å². The van der Waals surface area contributed by atoms with E-state index in [0.717, 1.165) is 0 Å². The maximum Gasteiger partial charge on any atom is 0.238 e. The number of likely N-dealkylation sites (tertiary alicyclic amines) is 1. The van der Waals surface area contributed by atoms with Crippen molar-refractivity contribution < 1.29 is 14.0 Å². The van der Waals surface area contributed by atoms with Crippen molar-refractivity contribution in [3.05, 3.63) is 58.3 Å². The fraction of sp³-hybridized carbons (Fsp3) is 0.300. The van der Waals surface area contributed by atoms with Crippen LogP contribution in [0.2, 0.25) is 10.0 Å². The molecule has 0 saturated carbocycles. The zero-order chi connectivity index (χ0) is 20.1. The van der Waals surface area contributed by atoms with Gasteiger partial charge in [0.25, 0.3) is 0 Å². The number of rotatable bonds is 5. The van der Waals surface area contributed by atoms with Gasteiger partial charge in [-0.2, -0.15) is 0 Å². The summed E-state index contributed by atoms with van der Waals surface area (Å²) in [5.41, 5.74) is 1.17. The number of nitrogens with one attached hydrogen (secondary N) is 2. The Morgan fingerprint density at radius 1 is 0.964 bits per heavy atom. The van der Waals surface area contributed by atoms with Gasteiger partial charge in [-0.1, -0.05) is 23.2 Å². The van der Waals surface area contributed by atoms with Crippen LogP contribution in [-0.4, -0.2) is 36.3 Å². The van der Waals surface area contributed by atoms with Crippen LogP contribution < -0.4 is 10.6 Å². The van der Waals surface area contributed by atoms with Gasteiger partial charge < -0.3 is 10.6 Å². The quantitative estimate of drug-likeness (QED) is 0.747. The first-order valence-corrected chi connectivity index (χ1v) is 9.70. The highest BCUT2D eigenvalue weighted by Gasteiger charge is 2.26. The van der Waals surface area contributed by atoms with E-state index in [1.807, 2.05) is 4.90 Å². The standard InChI is InChI=1S/C20H20Cl2FN3O2/c21-17-6-5-16(11-18(17)22)24-19(27)12-26-9-7-13(8-10-26)20(28)25-15-3-1-14(23)2-4-15/h1-6,11,13H,7-10,12H2,(H,24,27)(H,25,28). The van der Waals surface area contributed by atoms with Gasteiger partial charge in [0.1, 0.15) is 5.82 Å². The molecule has 2 aromatic carbocycles. The minimum atomic E-state index is -0.342. The fourth-order valence-corrected chi connectivity index (χ4v) is 3.41. The van der Waals surface area contributed by atoms with Gasteiger partial charge in [0, 0.05) is 17.3 Å². The minimum absolute atomic E-state index is 0.0773. The molecule has 3 rings (SSSR count). The van der Waals surface area contributed by atoms with Crippen LogP contribution in [0, 0.1) is 11.7 Å². The van der Waals surface area contributed by atoms with E-state index in [-0.39, 0.29) is 30.1 Å². The van der Waals surface area contributed by atoms with Crippen LogP contribution >= 0.6 is 23.2 Å². The van der Waals surface area contributed by atoms with Crippen LogP contribution in [0.5, 0.6) is 0 Å². The molecule has 0 aromatic heterocycles. The van der Waals surface area contributed by atoms with Crippen LogP contribution in [0.4, 0.5) is 15.8 Å². The highest BCUT2D eigenvalue weighted by molar-refractivity contribution is 6.42. The average Bonchev–Trinajstić information content (AvgIpc) is 2.67. The average molecular weight is 424 g/mol. The molecule has 1 aliphatic heterocycles. The molecule has 2 amide bonds. The Morgan fingerprint density at radius 2 is 1.61 bits per heavy atom. The van der Waals surface area contributed by atoms with Crippen molar-refractivity contribution in [2.45, 2.75) is 12.8 Å². The number of anilines is 2. The Hall–Kier alpha value is -2.15. The molecule has 2 aromatic rings. The maximum atomic E-state index is 12.9. The molecule has 8 heteroatoms. The SMILES string of the molecule is O=C(CN1CCC(C(=O)Nc2ccc(F)cc2)CC1)Nc1ccc(Cl)c(Cl)c1. The molecule has 1 saturated heterocycles. The molecule has 0 bridgehead atoms. The summed E-state index contributed by atoms with van der Waals surface area (Å²) in [5.74, 6) is -0.691. The number of benzene rings is 2. The van der Waals surface area contributed by atoms with Crippen molar-refractivity contribution >= 4 is 46.4 Å². The zero-order valence-electron chi connectivity index (χ0n) is 15.1. The molecule has 1 aliphatic rings. The molecule has 0 atom stereocenters. The third-order valence-corrected chi connectivity index (χ3v) is 5.38. The molecule has 0 spiro atoms. The summed E-state index contributed by atoms with van der Waals surface area (Å²) in [5, 5.41) is 6.42. The third kappa shape index (κ3) is 5.67. The van der Waals surface area contributed by atoms with Gasteiger partial charge in [0.05, 0.1) is 16.6 Å². The lowest BCUT2D eigenvalue weighted by Gasteiger charge is -2.30. The van der Waals surface area contributed by atoms with Gasteiger partial charge in [-0.3, -0.25) is 14.5 Å². The smallest absolute Gasteiger partial charge is 0.238 e. The summed E-state index contributed by atoms with van der Waals surface area (Å²) in [6.45, 7) is 1.54. The van der Waals surface area contributed by atoms with Crippen LogP contribution in [0.3, 0.4) is 0 Å². The van der Waals surface area contributed by atoms with Gasteiger partial charge in [-0.15, -0.1) is 0 Å². The second-order valence-corrected chi connectivity index (χ2v) is 7.54. The summed E-state index contributed by atoms with van der Waals surface area (Å²) < 4.78 is 12.9. The van der Waals surface area contributed by atoms with Gasteiger partial charge in [-0.05, 0) is 68.4 Å². The number of carbonyl (C=O) groups is 2. The topological polar surface area (TPSA) is 61.4 Å². The van der Waals surface area contributed by atoms with Crippen molar-refractivity contribution in [3.8, 4) is 0 Å². The summed E-state index contributed by atoms with van der Waals surface area (Å²) in [6, 6.07) is 10.6. The molecular formula is C20H20Cl2FN3O2. The molecule has 0 aliphatic carbocycles. The van der Waals surface area contributed by atoms with E-state index in [1.54, 1.807) is 18.2 Å². The molecular weight excluding hydrogens is 404 g/mol. The lowest BCUT2D eigenvalue weighted by Crippen LogP contribution is -2.41. The van der Waals surface area contributed by atoms with E-state index in [4.69, 9.17) is 23.2 Å². The zero-order valence-corrected chi connectivity index (χ0v) is 16.6. The monoisotopic (exact) mass is 423 g/mol.